The van der Waals surface area contributed by atoms with Gasteiger partial charge in [-0.05, 0) is 26.7 Å². The first-order valence-corrected chi connectivity index (χ1v) is 6.77. The molecule has 0 atom stereocenters. The van der Waals surface area contributed by atoms with Crippen LogP contribution in [0.5, 0.6) is 0 Å². The van der Waals surface area contributed by atoms with Crippen LogP contribution in [0.3, 0.4) is 0 Å². The van der Waals surface area contributed by atoms with Crippen LogP contribution in [0.25, 0.3) is 0 Å². The van der Waals surface area contributed by atoms with Crippen LogP contribution in [0.15, 0.2) is 5.16 Å². The third kappa shape index (κ3) is 4.20. The fraction of sp³-hybridized carbons (Fsp3) is 0.846. The highest BCUT2D eigenvalue weighted by Crippen LogP contribution is 2.23. The molecule has 0 aliphatic heterocycles. The molecule has 0 radical (unpaired) electrons. The number of oxime groups is 1. The van der Waals surface area contributed by atoms with E-state index in [1.54, 1.807) is 13.8 Å². The average Bonchev–Trinajstić information content (AvgIpc) is 2.26. The quantitative estimate of drug-likeness (QED) is 0.312. The van der Waals surface area contributed by atoms with E-state index in [1.165, 1.54) is 19.3 Å². The molecule has 1 amide bonds. The molecule has 5 nitrogen and oxygen atoms in total. The minimum Gasteiger partial charge on any atom is -0.409 e. The van der Waals surface area contributed by atoms with Gasteiger partial charge < -0.3 is 16.3 Å². The predicted molar refractivity (Wildman–Crippen MR) is 71.4 cm³/mol. The zero-order chi connectivity index (χ0) is 13.6. The maximum absolute atomic E-state index is 12.2. The summed E-state index contributed by atoms with van der Waals surface area (Å²) in [6.45, 7) is 3.48. The van der Waals surface area contributed by atoms with E-state index in [1.807, 2.05) is 0 Å². The lowest BCUT2D eigenvalue weighted by Gasteiger charge is -2.28. The highest BCUT2D eigenvalue weighted by Gasteiger charge is 2.29. The molecule has 18 heavy (non-hydrogen) atoms. The van der Waals surface area contributed by atoms with Gasteiger partial charge in [0.25, 0.3) is 0 Å². The summed E-state index contributed by atoms with van der Waals surface area (Å²) in [5.41, 5.74) is 4.77. The molecule has 0 aromatic rings. The van der Waals surface area contributed by atoms with E-state index in [9.17, 15) is 4.79 Å². The Morgan fingerprint density at radius 3 is 2.22 bits per heavy atom. The number of rotatable bonds is 3. The van der Waals surface area contributed by atoms with Crippen LogP contribution < -0.4 is 11.1 Å². The summed E-state index contributed by atoms with van der Waals surface area (Å²) in [5, 5.41) is 14.5. The third-order valence-electron chi connectivity index (χ3n) is 3.66. The Balaban J connectivity index is 2.57. The minimum absolute atomic E-state index is 0.0218. The zero-order valence-corrected chi connectivity index (χ0v) is 11.4. The van der Waals surface area contributed by atoms with Gasteiger partial charge in [-0.15, -0.1) is 0 Å². The monoisotopic (exact) mass is 255 g/mol. The van der Waals surface area contributed by atoms with Crippen molar-refractivity contribution in [1.82, 2.24) is 5.32 Å². The summed E-state index contributed by atoms with van der Waals surface area (Å²) in [6, 6.07) is 0. The molecule has 0 aromatic heterocycles. The van der Waals surface area contributed by atoms with E-state index in [2.05, 4.69) is 10.5 Å². The van der Waals surface area contributed by atoms with Gasteiger partial charge in [-0.2, -0.15) is 0 Å². The first-order chi connectivity index (χ1) is 8.47. The van der Waals surface area contributed by atoms with Crippen molar-refractivity contribution >= 4 is 11.7 Å². The Hall–Kier alpha value is -1.26. The maximum Gasteiger partial charge on any atom is 0.223 e. The van der Waals surface area contributed by atoms with E-state index in [-0.39, 0.29) is 17.7 Å². The number of amidine groups is 1. The molecule has 1 fully saturated rings. The second kappa shape index (κ2) is 6.61. The molecule has 0 aromatic carbocycles. The zero-order valence-electron chi connectivity index (χ0n) is 11.4. The van der Waals surface area contributed by atoms with Crippen LogP contribution in [0, 0.1) is 5.92 Å². The number of amides is 1. The second-order valence-corrected chi connectivity index (χ2v) is 5.64. The van der Waals surface area contributed by atoms with E-state index in [0.29, 0.717) is 0 Å². The highest BCUT2D eigenvalue weighted by atomic mass is 16.4. The van der Waals surface area contributed by atoms with Crippen LogP contribution in [0.2, 0.25) is 0 Å². The molecule has 1 aliphatic rings. The van der Waals surface area contributed by atoms with E-state index >= 15 is 0 Å². The lowest BCUT2D eigenvalue weighted by molar-refractivity contribution is -0.126. The van der Waals surface area contributed by atoms with Crippen LogP contribution in [0.4, 0.5) is 0 Å². The summed E-state index contributed by atoms with van der Waals surface area (Å²) in [7, 11) is 0. The summed E-state index contributed by atoms with van der Waals surface area (Å²) < 4.78 is 0. The average molecular weight is 255 g/mol. The highest BCUT2D eigenvalue weighted by molar-refractivity contribution is 5.93. The normalized spacial score (nSPS) is 20.0. The summed E-state index contributed by atoms with van der Waals surface area (Å²) in [5.74, 6) is 0.117. The number of carbonyl (C=O) groups excluding carboxylic acids is 1. The molecular weight excluding hydrogens is 230 g/mol. The predicted octanol–water partition coefficient (Wildman–Crippen LogP) is 1.99. The Bertz CT molecular complexity index is 305. The van der Waals surface area contributed by atoms with Crippen molar-refractivity contribution in [3.05, 3.63) is 0 Å². The molecular formula is C13H25N3O2. The van der Waals surface area contributed by atoms with Gasteiger partial charge in [-0.25, -0.2) is 0 Å². The standard InChI is InChI=1S/C13H25N3O2/c1-13(2,12(14)16-18)15-11(17)10-8-6-4-3-5-7-9-10/h10,18H,3-9H2,1-2H3,(H2,14,16)(H,15,17). The Morgan fingerprint density at radius 2 is 1.72 bits per heavy atom. The van der Waals surface area contributed by atoms with Gasteiger partial charge in [-0.1, -0.05) is 37.3 Å². The van der Waals surface area contributed by atoms with Gasteiger partial charge in [0.1, 0.15) is 0 Å². The number of nitrogens with one attached hydrogen (secondary N) is 1. The molecule has 0 bridgehead atoms. The molecule has 0 unspecified atom stereocenters. The summed E-state index contributed by atoms with van der Waals surface area (Å²) in [6.07, 6.45) is 7.82. The lowest BCUT2D eigenvalue weighted by Crippen LogP contribution is -2.54. The van der Waals surface area contributed by atoms with Crippen LogP contribution in [0.1, 0.15) is 58.8 Å². The van der Waals surface area contributed by atoms with E-state index in [4.69, 9.17) is 10.9 Å². The topological polar surface area (TPSA) is 87.7 Å². The minimum atomic E-state index is -0.797. The third-order valence-corrected chi connectivity index (χ3v) is 3.66. The van der Waals surface area contributed by atoms with Crippen molar-refractivity contribution in [1.29, 1.82) is 0 Å². The van der Waals surface area contributed by atoms with Gasteiger partial charge in [0.15, 0.2) is 5.84 Å². The summed E-state index contributed by atoms with van der Waals surface area (Å²) >= 11 is 0. The van der Waals surface area contributed by atoms with Gasteiger partial charge in [-0.3, -0.25) is 4.79 Å². The number of carbonyl (C=O) groups is 1. The molecule has 0 saturated heterocycles. The molecule has 0 spiro atoms. The lowest BCUT2D eigenvalue weighted by atomic mass is 9.89. The van der Waals surface area contributed by atoms with Crippen molar-refractivity contribution in [2.45, 2.75) is 64.3 Å². The number of nitrogens with zero attached hydrogens (tertiary/aromatic N) is 1. The molecule has 0 heterocycles. The fourth-order valence-electron chi connectivity index (χ4n) is 2.32. The molecule has 1 saturated carbocycles. The molecule has 1 aliphatic carbocycles. The van der Waals surface area contributed by atoms with Crippen molar-refractivity contribution < 1.29 is 10.0 Å². The smallest absolute Gasteiger partial charge is 0.223 e. The van der Waals surface area contributed by atoms with Gasteiger partial charge >= 0.3 is 0 Å². The van der Waals surface area contributed by atoms with Crippen molar-refractivity contribution in [3.8, 4) is 0 Å². The van der Waals surface area contributed by atoms with Crippen molar-refractivity contribution in [3.63, 3.8) is 0 Å². The van der Waals surface area contributed by atoms with Crippen LogP contribution in [-0.4, -0.2) is 22.5 Å². The molecule has 4 N–H and O–H groups in total. The molecule has 104 valence electrons. The Labute approximate surface area is 109 Å². The molecule has 5 heteroatoms. The van der Waals surface area contributed by atoms with Gasteiger partial charge in [0, 0.05) is 5.92 Å². The fourth-order valence-corrected chi connectivity index (χ4v) is 2.32. The largest absolute Gasteiger partial charge is 0.409 e. The number of hydrogen-bond donors (Lipinski definition) is 3. The van der Waals surface area contributed by atoms with Crippen LogP contribution >= 0.6 is 0 Å². The van der Waals surface area contributed by atoms with Gasteiger partial charge in [0.05, 0.1) is 5.54 Å². The number of nitrogens with two attached hydrogens (primary N) is 1. The second-order valence-electron chi connectivity index (χ2n) is 5.64. The van der Waals surface area contributed by atoms with Gasteiger partial charge in [0.2, 0.25) is 5.91 Å². The maximum atomic E-state index is 12.2. The summed E-state index contributed by atoms with van der Waals surface area (Å²) in [4.78, 5) is 12.2. The Kier molecular flexibility index (Phi) is 5.44. The van der Waals surface area contributed by atoms with Crippen molar-refractivity contribution in [2.75, 3.05) is 0 Å². The van der Waals surface area contributed by atoms with Crippen molar-refractivity contribution in [2.24, 2.45) is 16.8 Å². The molecule has 1 rings (SSSR count). The first kappa shape index (κ1) is 14.8. The Morgan fingerprint density at radius 1 is 1.22 bits per heavy atom. The number of hydrogen-bond acceptors (Lipinski definition) is 3. The first-order valence-electron chi connectivity index (χ1n) is 6.77. The van der Waals surface area contributed by atoms with E-state index < -0.39 is 5.54 Å². The van der Waals surface area contributed by atoms with Crippen LogP contribution in [-0.2, 0) is 4.79 Å². The van der Waals surface area contributed by atoms with E-state index in [0.717, 1.165) is 25.7 Å². The SMILES string of the molecule is CC(C)(NC(=O)C1CCCCCCC1)C(N)=NO.